The third-order valence-electron chi connectivity index (χ3n) is 4.26. The molecule has 0 saturated carbocycles. The Balaban J connectivity index is 0.000000192. The van der Waals surface area contributed by atoms with E-state index in [1.54, 1.807) is 0 Å². The standard InChI is InChI=1S/C15H12.C8H10.C2H6/c1-10-7-8-14-13-6-4-3-5-12(13)11(2)15(14)9-10;1-7-3-5-8(2)6-4-7;1-2/h3-9H,2H2,1H3;3-6H,1-2H3;1-2H3. The smallest absolute Gasteiger partial charge is 0.00990 e. The number of aryl methyl sites for hydroxylation is 3. The molecule has 0 aliphatic heterocycles. The van der Waals surface area contributed by atoms with Crippen molar-refractivity contribution in [3.8, 4) is 11.1 Å². The fraction of sp³-hybridized carbons (Fsp3) is 0.200. The van der Waals surface area contributed by atoms with E-state index < -0.39 is 0 Å². The van der Waals surface area contributed by atoms with E-state index in [0.717, 1.165) is 5.57 Å². The van der Waals surface area contributed by atoms with Crippen molar-refractivity contribution in [2.75, 3.05) is 0 Å². The first kappa shape index (κ1) is 18.7. The lowest BCUT2D eigenvalue weighted by Crippen LogP contribution is -1.79. The van der Waals surface area contributed by atoms with Gasteiger partial charge in [0, 0.05) is 0 Å². The molecule has 0 heterocycles. The lowest BCUT2D eigenvalue weighted by atomic mass is 10.0. The SMILES string of the molecule is C=C1c2ccccc2-c2ccc(C)cc21.CC.Cc1ccc(C)cc1. The summed E-state index contributed by atoms with van der Waals surface area (Å²) in [6.07, 6.45) is 0. The highest BCUT2D eigenvalue weighted by Gasteiger charge is 2.20. The minimum Gasteiger partial charge on any atom is -0.0905 e. The summed E-state index contributed by atoms with van der Waals surface area (Å²) in [6, 6.07) is 23.5. The molecule has 128 valence electrons. The van der Waals surface area contributed by atoms with Gasteiger partial charge in [-0.15, -0.1) is 0 Å². The predicted molar refractivity (Wildman–Crippen MR) is 112 cm³/mol. The Bertz CT molecular complexity index is 830. The first-order chi connectivity index (χ1) is 12.1. The van der Waals surface area contributed by atoms with Crippen LogP contribution < -0.4 is 0 Å². The van der Waals surface area contributed by atoms with Crippen molar-refractivity contribution in [1.29, 1.82) is 0 Å². The number of hydrogen-bond acceptors (Lipinski definition) is 0. The maximum Gasteiger partial charge on any atom is -0.00990 e. The van der Waals surface area contributed by atoms with Gasteiger partial charge in [0.2, 0.25) is 0 Å². The Morgan fingerprint density at radius 1 is 0.520 bits per heavy atom. The molecule has 0 spiro atoms. The van der Waals surface area contributed by atoms with E-state index in [4.69, 9.17) is 0 Å². The van der Waals surface area contributed by atoms with Crippen molar-refractivity contribution in [2.24, 2.45) is 0 Å². The molecule has 1 aliphatic rings. The summed E-state index contributed by atoms with van der Waals surface area (Å²) in [6.45, 7) is 14.5. The maximum atomic E-state index is 4.18. The molecule has 0 radical (unpaired) electrons. The quantitative estimate of drug-likeness (QED) is 0.316. The Kier molecular flexibility index (Phi) is 6.36. The second-order valence-electron chi connectivity index (χ2n) is 6.23. The number of fused-ring (bicyclic) bond motifs is 3. The summed E-state index contributed by atoms with van der Waals surface area (Å²) in [5.41, 5.74) is 10.3. The summed E-state index contributed by atoms with van der Waals surface area (Å²) in [4.78, 5) is 0. The van der Waals surface area contributed by atoms with Crippen LogP contribution in [0.3, 0.4) is 0 Å². The fourth-order valence-corrected chi connectivity index (χ4v) is 2.91. The maximum absolute atomic E-state index is 4.18. The molecule has 0 heteroatoms. The molecular formula is C25H28. The van der Waals surface area contributed by atoms with Gasteiger partial charge in [0.25, 0.3) is 0 Å². The van der Waals surface area contributed by atoms with Crippen molar-refractivity contribution in [2.45, 2.75) is 34.6 Å². The van der Waals surface area contributed by atoms with Crippen LogP contribution in [-0.4, -0.2) is 0 Å². The molecule has 0 N–H and O–H groups in total. The fourth-order valence-electron chi connectivity index (χ4n) is 2.91. The number of hydrogen-bond donors (Lipinski definition) is 0. The van der Waals surface area contributed by atoms with Gasteiger partial charge in [-0.05, 0) is 48.6 Å². The normalized spacial score (nSPS) is 10.7. The van der Waals surface area contributed by atoms with Gasteiger partial charge in [-0.1, -0.05) is 104 Å². The topological polar surface area (TPSA) is 0 Å². The van der Waals surface area contributed by atoms with Gasteiger partial charge >= 0.3 is 0 Å². The molecule has 3 aromatic rings. The van der Waals surface area contributed by atoms with Gasteiger partial charge in [0.1, 0.15) is 0 Å². The van der Waals surface area contributed by atoms with Crippen LogP contribution in [0.1, 0.15) is 41.7 Å². The third-order valence-corrected chi connectivity index (χ3v) is 4.26. The van der Waals surface area contributed by atoms with E-state index in [1.807, 2.05) is 13.8 Å². The van der Waals surface area contributed by atoms with E-state index in [9.17, 15) is 0 Å². The Hall–Kier alpha value is -2.60. The Labute approximate surface area is 152 Å². The van der Waals surface area contributed by atoms with Crippen LogP contribution in [0.2, 0.25) is 0 Å². The average Bonchev–Trinajstić information content (AvgIpc) is 2.92. The number of rotatable bonds is 0. The molecule has 0 aromatic heterocycles. The van der Waals surface area contributed by atoms with Gasteiger partial charge < -0.3 is 0 Å². The van der Waals surface area contributed by atoms with Crippen molar-refractivity contribution < 1.29 is 0 Å². The van der Waals surface area contributed by atoms with Crippen LogP contribution in [0, 0.1) is 20.8 Å². The van der Waals surface area contributed by atoms with Crippen molar-refractivity contribution in [1.82, 2.24) is 0 Å². The highest BCUT2D eigenvalue weighted by Crippen LogP contribution is 2.43. The Morgan fingerprint density at radius 3 is 1.52 bits per heavy atom. The highest BCUT2D eigenvalue weighted by molar-refractivity contribution is 6.00. The molecule has 0 bridgehead atoms. The van der Waals surface area contributed by atoms with Crippen LogP contribution in [0.4, 0.5) is 0 Å². The second kappa shape index (κ2) is 8.48. The summed E-state index contributed by atoms with van der Waals surface area (Å²) in [5.74, 6) is 0. The van der Waals surface area contributed by atoms with Gasteiger partial charge in [-0.3, -0.25) is 0 Å². The zero-order chi connectivity index (χ0) is 18.4. The molecular weight excluding hydrogens is 300 g/mol. The van der Waals surface area contributed by atoms with E-state index in [-0.39, 0.29) is 0 Å². The zero-order valence-electron chi connectivity index (χ0n) is 16.1. The van der Waals surface area contributed by atoms with E-state index in [0.29, 0.717) is 0 Å². The molecule has 0 amide bonds. The summed E-state index contributed by atoms with van der Waals surface area (Å²) >= 11 is 0. The van der Waals surface area contributed by atoms with Crippen LogP contribution in [0.15, 0.2) is 73.3 Å². The summed E-state index contributed by atoms with van der Waals surface area (Å²) in [5, 5.41) is 0. The average molecular weight is 328 g/mol. The predicted octanol–water partition coefficient (Wildman–Crippen LogP) is 7.37. The molecule has 0 fully saturated rings. The van der Waals surface area contributed by atoms with Gasteiger partial charge in [0.15, 0.2) is 0 Å². The summed E-state index contributed by atoms with van der Waals surface area (Å²) in [7, 11) is 0. The minimum absolute atomic E-state index is 1.16. The lowest BCUT2D eigenvalue weighted by molar-refractivity contribution is 1.40. The van der Waals surface area contributed by atoms with Crippen LogP contribution in [0.25, 0.3) is 16.7 Å². The highest BCUT2D eigenvalue weighted by atomic mass is 14.2. The molecule has 1 aliphatic carbocycles. The van der Waals surface area contributed by atoms with Crippen molar-refractivity contribution >= 4 is 5.57 Å². The van der Waals surface area contributed by atoms with Crippen LogP contribution in [-0.2, 0) is 0 Å². The monoisotopic (exact) mass is 328 g/mol. The zero-order valence-corrected chi connectivity index (χ0v) is 16.1. The van der Waals surface area contributed by atoms with Gasteiger partial charge in [0.05, 0.1) is 0 Å². The van der Waals surface area contributed by atoms with E-state index in [1.165, 1.54) is 38.9 Å². The van der Waals surface area contributed by atoms with Gasteiger partial charge in [-0.2, -0.15) is 0 Å². The first-order valence-electron chi connectivity index (χ1n) is 8.99. The Morgan fingerprint density at radius 2 is 0.960 bits per heavy atom. The lowest BCUT2D eigenvalue weighted by Gasteiger charge is -2.01. The van der Waals surface area contributed by atoms with Crippen LogP contribution >= 0.6 is 0 Å². The molecule has 25 heavy (non-hydrogen) atoms. The van der Waals surface area contributed by atoms with E-state index in [2.05, 4.69) is 94.1 Å². The molecule has 0 unspecified atom stereocenters. The van der Waals surface area contributed by atoms with Crippen LogP contribution in [0.5, 0.6) is 0 Å². The van der Waals surface area contributed by atoms with Crippen molar-refractivity contribution in [3.63, 3.8) is 0 Å². The first-order valence-corrected chi connectivity index (χ1v) is 8.99. The summed E-state index contributed by atoms with van der Waals surface area (Å²) < 4.78 is 0. The van der Waals surface area contributed by atoms with Gasteiger partial charge in [-0.25, -0.2) is 0 Å². The van der Waals surface area contributed by atoms with Crippen molar-refractivity contribution in [3.05, 3.63) is 101 Å². The van der Waals surface area contributed by atoms with E-state index >= 15 is 0 Å². The molecule has 3 aromatic carbocycles. The molecule has 0 saturated heterocycles. The third kappa shape index (κ3) is 4.28. The minimum atomic E-state index is 1.16. The molecule has 0 atom stereocenters. The molecule has 4 rings (SSSR count). The second-order valence-corrected chi connectivity index (χ2v) is 6.23. The molecule has 0 nitrogen and oxygen atoms in total. The number of benzene rings is 3. The largest absolute Gasteiger partial charge is 0.0905 e.